The Morgan fingerprint density at radius 1 is 1.50 bits per heavy atom. The number of hydroxylamine groups is 1. The lowest BCUT2D eigenvalue weighted by atomic mass is 10.3. The summed E-state index contributed by atoms with van der Waals surface area (Å²) in [5.74, 6) is 0. The number of rotatable bonds is 5. The van der Waals surface area contributed by atoms with Crippen molar-refractivity contribution in [3.63, 3.8) is 0 Å². The fraction of sp³-hybridized carbons (Fsp3) is 1.00. The van der Waals surface area contributed by atoms with Gasteiger partial charge in [0.25, 0.3) is 0 Å². The molecule has 1 rings (SSSR count). The van der Waals surface area contributed by atoms with Crippen LogP contribution in [0.2, 0.25) is 0 Å². The Kier molecular flexibility index (Phi) is 3.94. The van der Waals surface area contributed by atoms with E-state index >= 15 is 0 Å². The van der Waals surface area contributed by atoms with E-state index in [0.717, 1.165) is 26.3 Å². The zero-order valence-corrected chi connectivity index (χ0v) is 8.12. The minimum atomic E-state index is 0.412. The highest BCUT2D eigenvalue weighted by Gasteiger charge is 2.33. The average Bonchev–Trinajstić information content (AvgIpc) is 2.07. The van der Waals surface area contributed by atoms with Crippen LogP contribution in [0, 0.1) is 0 Å². The highest BCUT2D eigenvalue weighted by atomic mass is 16.8. The van der Waals surface area contributed by atoms with Crippen LogP contribution in [-0.4, -0.2) is 49.6 Å². The van der Waals surface area contributed by atoms with Crippen molar-refractivity contribution in [2.45, 2.75) is 19.9 Å². The fourth-order valence-electron chi connectivity index (χ4n) is 1.37. The van der Waals surface area contributed by atoms with E-state index < -0.39 is 0 Å². The molecule has 0 aromatic rings. The first-order chi connectivity index (χ1) is 5.83. The van der Waals surface area contributed by atoms with Crippen LogP contribution in [0.5, 0.6) is 0 Å². The molecule has 0 radical (unpaired) electrons. The van der Waals surface area contributed by atoms with Gasteiger partial charge in [-0.25, -0.2) is 5.01 Å². The summed E-state index contributed by atoms with van der Waals surface area (Å²) in [7, 11) is 1.72. The molecule has 0 spiro atoms. The van der Waals surface area contributed by atoms with Crippen LogP contribution in [0.3, 0.4) is 0 Å². The Labute approximate surface area is 74.0 Å². The molecule has 1 aliphatic heterocycles. The molecule has 1 heterocycles. The molecule has 0 aromatic heterocycles. The van der Waals surface area contributed by atoms with Crippen molar-refractivity contribution >= 4 is 0 Å². The lowest BCUT2D eigenvalue weighted by molar-refractivity contribution is -0.392. The van der Waals surface area contributed by atoms with Gasteiger partial charge in [-0.2, -0.15) is 0 Å². The van der Waals surface area contributed by atoms with Crippen LogP contribution < -0.4 is 0 Å². The molecule has 0 aliphatic carbocycles. The minimum Gasteiger partial charge on any atom is -0.383 e. The van der Waals surface area contributed by atoms with Gasteiger partial charge in [0, 0.05) is 20.2 Å². The van der Waals surface area contributed by atoms with Crippen molar-refractivity contribution in [1.82, 2.24) is 10.2 Å². The van der Waals surface area contributed by atoms with E-state index in [4.69, 9.17) is 9.57 Å². The van der Waals surface area contributed by atoms with E-state index in [2.05, 4.69) is 18.9 Å². The highest BCUT2D eigenvalue weighted by molar-refractivity contribution is 4.69. The third-order valence-electron chi connectivity index (χ3n) is 2.08. The van der Waals surface area contributed by atoms with Crippen LogP contribution in [0.1, 0.15) is 13.8 Å². The normalized spacial score (nSPS) is 24.5. The molecule has 0 bridgehead atoms. The Hall–Kier alpha value is -0.160. The lowest BCUT2D eigenvalue weighted by Crippen LogP contribution is -2.60. The van der Waals surface area contributed by atoms with Crippen molar-refractivity contribution in [1.29, 1.82) is 0 Å². The number of ether oxygens (including phenoxy) is 1. The van der Waals surface area contributed by atoms with Crippen molar-refractivity contribution in [3.8, 4) is 0 Å². The first-order valence-corrected chi connectivity index (χ1v) is 4.49. The van der Waals surface area contributed by atoms with E-state index in [1.165, 1.54) is 0 Å². The molecule has 0 N–H and O–H groups in total. The van der Waals surface area contributed by atoms with Gasteiger partial charge in [-0.05, 0) is 0 Å². The van der Waals surface area contributed by atoms with Gasteiger partial charge >= 0.3 is 0 Å². The number of methoxy groups -OCH3 is 1. The topological polar surface area (TPSA) is 24.9 Å². The summed E-state index contributed by atoms with van der Waals surface area (Å²) in [6.07, 6.45) is 0. The van der Waals surface area contributed by atoms with Crippen LogP contribution >= 0.6 is 0 Å². The molecule has 1 fully saturated rings. The van der Waals surface area contributed by atoms with Gasteiger partial charge in [0.2, 0.25) is 0 Å². The maximum Gasteiger partial charge on any atom is 0.100 e. The monoisotopic (exact) mass is 174 g/mol. The Bertz CT molecular complexity index is 128. The van der Waals surface area contributed by atoms with Crippen LogP contribution in [0.15, 0.2) is 0 Å². The maximum atomic E-state index is 5.32. The van der Waals surface area contributed by atoms with Gasteiger partial charge in [0.05, 0.1) is 13.2 Å². The standard InChI is InChI=1S/C8H18N2O2/c1-4-9(5-2)10-8(6-11-3)7-12-10/h8H,4-7H2,1-3H3. The van der Waals surface area contributed by atoms with Crippen molar-refractivity contribution in [2.75, 3.05) is 33.4 Å². The summed E-state index contributed by atoms with van der Waals surface area (Å²) in [5.41, 5.74) is 0. The van der Waals surface area contributed by atoms with Crippen molar-refractivity contribution in [3.05, 3.63) is 0 Å². The molecule has 1 unspecified atom stereocenters. The van der Waals surface area contributed by atoms with Gasteiger partial charge in [-0.3, -0.25) is 4.84 Å². The molecule has 4 nitrogen and oxygen atoms in total. The van der Waals surface area contributed by atoms with Gasteiger partial charge in [-0.1, -0.05) is 13.8 Å². The number of hydrogen-bond acceptors (Lipinski definition) is 4. The second-order valence-electron chi connectivity index (χ2n) is 2.85. The van der Waals surface area contributed by atoms with Crippen molar-refractivity contribution < 1.29 is 9.57 Å². The quantitative estimate of drug-likeness (QED) is 0.606. The molecule has 0 saturated carbocycles. The summed E-state index contributed by atoms with van der Waals surface area (Å²) >= 11 is 0. The fourth-order valence-corrected chi connectivity index (χ4v) is 1.37. The van der Waals surface area contributed by atoms with E-state index in [1.807, 2.05) is 5.17 Å². The zero-order valence-electron chi connectivity index (χ0n) is 8.12. The van der Waals surface area contributed by atoms with Gasteiger partial charge in [-0.15, -0.1) is 5.17 Å². The van der Waals surface area contributed by atoms with Crippen LogP contribution in [0.4, 0.5) is 0 Å². The van der Waals surface area contributed by atoms with E-state index in [9.17, 15) is 0 Å². The molecular formula is C8H18N2O2. The Morgan fingerprint density at radius 2 is 2.17 bits per heavy atom. The third-order valence-corrected chi connectivity index (χ3v) is 2.08. The molecule has 1 atom stereocenters. The molecule has 0 aromatic carbocycles. The van der Waals surface area contributed by atoms with Gasteiger partial charge in [0.1, 0.15) is 6.04 Å². The Balaban J connectivity index is 2.30. The average molecular weight is 174 g/mol. The second-order valence-corrected chi connectivity index (χ2v) is 2.85. The summed E-state index contributed by atoms with van der Waals surface area (Å²) < 4.78 is 5.07. The van der Waals surface area contributed by atoms with Crippen LogP contribution in [0.25, 0.3) is 0 Å². The Morgan fingerprint density at radius 3 is 2.50 bits per heavy atom. The highest BCUT2D eigenvalue weighted by Crippen LogP contribution is 2.16. The zero-order chi connectivity index (χ0) is 8.97. The van der Waals surface area contributed by atoms with E-state index in [1.54, 1.807) is 7.11 Å². The molecule has 1 saturated heterocycles. The summed E-state index contributed by atoms with van der Waals surface area (Å²) in [5, 5.41) is 4.08. The summed E-state index contributed by atoms with van der Waals surface area (Å²) in [6.45, 7) is 7.73. The lowest BCUT2D eigenvalue weighted by Gasteiger charge is -2.45. The largest absolute Gasteiger partial charge is 0.383 e. The second kappa shape index (κ2) is 4.77. The van der Waals surface area contributed by atoms with E-state index in [-0.39, 0.29) is 0 Å². The SMILES string of the molecule is CCN(CC)N1OCC1COC. The van der Waals surface area contributed by atoms with Gasteiger partial charge < -0.3 is 4.74 Å². The van der Waals surface area contributed by atoms with Crippen molar-refractivity contribution in [2.24, 2.45) is 0 Å². The molecule has 12 heavy (non-hydrogen) atoms. The predicted octanol–water partition coefficient (Wildman–Crippen LogP) is 0.505. The van der Waals surface area contributed by atoms with Gasteiger partial charge in [0.15, 0.2) is 0 Å². The smallest absolute Gasteiger partial charge is 0.100 e. The maximum absolute atomic E-state index is 5.32. The molecule has 72 valence electrons. The molecule has 1 aliphatic rings. The van der Waals surface area contributed by atoms with Crippen LogP contribution in [-0.2, 0) is 9.57 Å². The third kappa shape index (κ3) is 1.95. The summed E-state index contributed by atoms with van der Waals surface area (Å²) in [6, 6.07) is 0.412. The predicted molar refractivity (Wildman–Crippen MR) is 46.4 cm³/mol. The van der Waals surface area contributed by atoms with E-state index in [0.29, 0.717) is 6.04 Å². The first-order valence-electron chi connectivity index (χ1n) is 4.49. The number of nitrogens with zero attached hydrogens (tertiary/aromatic N) is 2. The number of hydrazine groups is 1. The molecule has 0 amide bonds. The summed E-state index contributed by atoms with van der Waals surface area (Å²) in [4.78, 5) is 5.32. The first kappa shape index (κ1) is 9.92. The molecule has 4 heteroatoms. The minimum absolute atomic E-state index is 0.412. The number of hydrogen-bond donors (Lipinski definition) is 0. The molecular weight excluding hydrogens is 156 g/mol.